The molecule has 5 amide bonds. The maximum absolute atomic E-state index is 12.9. The first kappa shape index (κ1) is 19.9. The van der Waals surface area contributed by atoms with E-state index in [4.69, 9.17) is 0 Å². The van der Waals surface area contributed by atoms with Gasteiger partial charge in [0.15, 0.2) is 0 Å². The average Bonchev–Trinajstić information content (AvgIpc) is 2.85. The monoisotopic (exact) mass is 386 g/mol. The Morgan fingerprint density at radius 2 is 1.68 bits per heavy atom. The van der Waals surface area contributed by atoms with Gasteiger partial charge in [0, 0.05) is 32.4 Å². The predicted molar refractivity (Wildman–Crippen MR) is 104 cm³/mol. The van der Waals surface area contributed by atoms with E-state index in [0.717, 1.165) is 24.2 Å². The fraction of sp³-hybridized carbons (Fsp3) is 0.500. The number of anilines is 1. The second kappa shape index (κ2) is 7.61. The Hall–Kier alpha value is -2.90. The summed E-state index contributed by atoms with van der Waals surface area (Å²) in [6.07, 6.45) is 4.16. The van der Waals surface area contributed by atoms with Gasteiger partial charge >= 0.3 is 6.03 Å². The van der Waals surface area contributed by atoms with Gasteiger partial charge in [0.1, 0.15) is 12.1 Å². The van der Waals surface area contributed by atoms with E-state index in [1.54, 1.807) is 45.4 Å². The van der Waals surface area contributed by atoms with Crippen LogP contribution < -0.4 is 5.32 Å². The molecule has 28 heavy (non-hydrogen) atoms. The maximum atomic E-state index is 12.9. The van der Waals surface area contributed by atoms with Gasteiger partial charge in [0.25, 0.3) is 11.8 Å². The Bertz CT molecular complexity index is 797. The summed E-state index contributed by atoms with van der Waals surface area (Å²) in [5.74, 6) is -0.858. The van der Waals surface area contributed by atoms with E-state index < -0.39 is 17.5 Å². The minimum atomic E-state index is -0.788. The molecule has 1 N–H and O–H groups in total. The topological polar surface area (TPSA) is 90.0 Å². The van der Waals surface area contributed by atoms with Gasteiger partial charge in [-0.05, 0) is 37.1 Å². The van der Waals surface area contributed by atoms with E-state index in [-0.39, 0.29) is 18.4 Å². The predicted octanol–water partition coefficient (Wildman–Crippen LogP) is 1.92. The lowest BCUT2D eigenvalue weighted by atomic mass is 9.81. The van der Waals surface area contributed by atoms with E-state index >= 15 is 0 Å². The van der Waals surface area contributed by atoms with Gasteiger partial charge in [-0.25, -0.2) is 4.79 Å². The van der Waals surface area contributed by atoms with Crippen molar-refractivity contribution in [3.8, 4) is 0 Å². The summed E-state index contributed by atoms with van der Waals surface area (Å²) >= 11 is 0. The molecular formula is C20H26N4O4. The first-order valence-electron chi connectivity index (χ1n) is 9.47. The SMILES string of the molecule is CN(C)C(=O)c1ccc(NC(=O)CN2C(=O)N(C)C3(CCCCC3)C2=O)cc1. The summed E-state index contributed by atoms with van der Waals surface area (Å²) < 4.78 is 0. The molecule has 1 aromatic carbocycles. The van der Waals surface area contributed by atoms with Crippen molar-refractivity contribution in [2.24, 2.45) is 0 Å². The van der Waals surface area contributed by atoms with Gasteiger partial charge in [-0.3, -0.25) is 19.3 Å². The van der Waals surface area contributed by atoms with Crippen LogP contribution in [0.15, 0.2) is 24.3 Å². The summed E-state index contributed by atoms with van der Waals surface area (Å²) in [5.41, 5.74) is 0.220. The molecule has 2 aliphatic rings. The first-order valence-corrected chi connectivity index (χ1v) is 9.47. The van der Waals surface area contributed by atoms with E-state index in [9.17, 15) is 19.2 Å². The molecule has 1 spiro atoms. The van der Waals surface area contributed by atoms with Gasteiger partial charge in [0.2, 0.25) is 5.91 Å². The molecule has 150 valence electrons. The van der Waals surface area contributed by atoms with Crippen LogP contribution in [0.2, 0.25) is 0 Å². The molecule has 0 radical (unpaired) electrons. The third kappa shape index (κ3) is 3.46. The molecule has 8 heteroatoms. The number of rotatable bonds is 4. The van der Waals surface area contributed by atoms with E-state index in [1.807, 2.05) is 0 Å². The Labute approximate surface area is 164 Å². The summed E-state index contributed by atoms with van der Waals surface area (Å²) in [4.78, 5) is 53.8. The standard InChI is InChI=1S/C20H26N4O4/c1-22(2)17(26)14-7-9-15(10-8-14)21-16(25)13-24-18(27)20(23(3)19(24)28)11-5-4-6-12-20/h7-10H,4-6,11-13H2,1-3H3,(H,21,25). The minimum Gasteiger partial charge on any atom is -0.345 e. The molecular weight excluding hydrogens is 360 g/mol. The molecule has 1 saturated heterocycles. The highest BCUT2D eigenvalue weighted by Crippen LogP contribution is 2.39. The van der Waals surface area contributed by atoms with Gasteiger partial charge in [-0.15, -0.1) is 0 Å². The van der Waals surface area contributed by atoms with Crippen LogP contribution in [-0.4, -0.2) is 71.7 Å². The van der Waals surface area contributed by atoms with Crippen LogP contribution in [0.4, 0.5) is 10.5 Å². The molecule has 2 fully saturated rings. The van der Waals surface area contributed by atoms with Gasteiger partial charge < -0.3 is 15.1 Å². The van der Waals surface area contributed by atoms with Gasteiger partial charge in [0.05, 0.1) is 0 Å². The Morgan fingerprint density at radius 1 is 1.07 bits per heavy atom. The Kier molecular flexibility index (Phi) is 5.40. The van der Waals surface area contributed by atoms with Gasteiger partial charge in [-0.2, -0.15) is 0 Å². The highest BCUT2D eigenvalue weighted by molar-refractivity contribution is 6.10. The number of likely N-dealkylation sites (N-methyl/N-ethyl adjacent to an activating group) is 1. The zero-order valence-corrected chi connectivity index (χ0v) is 16.5. The smallest absolute Gasteiger partial charge is 0.327 e. The number of carbonyl (C=O) groups excluding carboxylic acids is 4. The molecule has 0 bridgehead atoms. The molecule has 1 aliphatic carbocycles. The number of carbonyl (C=O) groups is 4. The fourth-order valence-electron chi connectivity index (χ4n) is 3.97. The number of urea groups is 1. The average molecular weight is 386 g/mol. The highest BCUT2D eigenvalue weighted by Gasteiger charge is 2.55. The van der Waals surface area contributed by atoms with Crippen molar-refractivity contribution in [1.82, 2.24) is 14.7 Å². The highest BCUT2D eigenvalue weighted by atomic mass is 16.2. The number of hydrogen-bond donors (Lipinski definition) is 1. The third-order valence-corrected chi connectivity index (χ3v) is 5.61. The molecule has 1 heterocycles. The minimum absolute atomic E-state index is 0.132. The van der Waals surface area contributed by atoms with Crippen molar-refractivity contribution in [2.45, 2.75) is 37.6 Å². The zero-order valence-electron chi connectivity index (χ0n) is 16.5. The molecule has 8 nitrogen and oxygen atoms in total. The summed E-state index contributed by atoms with van der Waals surface area (Å²) in [5, 5.41) is 2.68. The van der Waals surface area contributed by atoms with E-state index in [1.165, 1.54) is 9.80 Å². The largest absolute Gasteiger partial charge is 0.345 e. The van der Waals surface area contributed by atoms with Crippen LogP contribution in [0.3, 0.4) is 0 Å². The van der Waals surface area contributed by atoms with Crippen LogP contribution in [-0.2, 0) is 9.59 Å². The lowest BCUT2D eigenvalue weighted by molar-refractivity contribution is -0.136. The second-order valence-electron chi connectivity index (χ2n) is 7.65. The van der Waals surface area contributed by atoms with Gasteiger partial charge in [-0.1, -0.05) is 19.3 Å². The van der Waals surface area contributed by atoms with E-state index in [2.05, 4.69) is 5.32 Å². The summed E-state index contributed by atoms with van der Waals surface area (Å²) in [7, 11) is 4.97. The maximum Gasteiger partial charge on any atom is 0.327 e. The third-order valence-electron chi connectivity index (χ3n) is 5.61. The fourth-order valence-corrected chi connectivity index (χ4v) is 3.97. The van der Waals surface area contributed by atoms with Crippen molar-refractivity contribution in [3.63, 3.8) is 0 Å². The molecule has 0 atom stereocenters. The lowest BCUT2D eigenvalue weighted by Crippen LogP contribution is -2.49. The molecule has 1 aliphatic heterocycles. The van der Waals surface area contributed by atoms with Crippen LogP contribution >= 0.6 is 0 Å². The zero-order chi connectivity index (χ0) is 20.5. The number of hydrogen-bond acceptors (Lipinski definition) is 4. The first-order chi connectivity index (χ1) is 13.3. The van der Waals surface area contributed by atoms with Crippen molar-refractivity contribution in [3.05, 3.63) is 29.8 Å². The number of nitrogens with one attached hydrogen (secondary N) is 1. The van der Waals surface area contributed by atoms with E-state index in [0.29, 0.717) is 24.1 Å². The van der Waals surface area contributed by atoms with Crippen LogP contribution in [0.1, 0.15) is 42.5 Å². The molecule has 1 saturated carbocycles. The number of imide groups is 1. The quantitative estimate of drug-likeness (QED) is 0.801. The molecule has 3 rings (SSSR count). The number of benzene rings is 1. The van der Waals surface area contributed by atoms with Crippen molar-refractivity contribution >= 4 is 29.4 Å². The van der Waals surface area contributed by atoms with Crippen LogP contribution in [0.5, 0.6) is 0 Å². The summed E-state index contributed by atoms with van der Waals surface area (Å²) in [6.45, 7) is -0.317. The summed E-state index contributed by atoms with van der Waals surface area (Å²) in [6, 6.07) is 6.06. The molecule has 1 aromatic rings. The van der Waals surface area contributed by atoms with Crippen molar-refractivity contribution in [2.75, 3.05) is 33.0 Å². The van der Waals surface area contributed by atoms with Crippen molar-refractivity contribution in [1.29, 1.82) is 0 Å². The second-order valence-corrected chi connectivity index (χ2v) is 7.65. The Morgan fingerprint density at radius 3 is 2.25 bits per heavy atom. The van der Waals surface area contributed by atoms with Crippen LogP contribution in [0.25, 0.3) is 0 Å². The molecule has 0 unspecified atom stereocenters. The number of amides is 5. The van der Waals surface area contributed by atoms with Crippen molar-refractivity contribution < 1.29 is 19.2 Å². The lowest BCUT2D eigenvalue weighted by Gasteiger charge is -2.35. The molecule has 0 aromatic heterocycles. The Balaban J connectivity index is 1.65. The number of nitrogens with zero attached hydrogens (tertiary/aromatic N) is 3. The normalized spacial score (nSPS) is 18.5. The van der Waals surface area contributed by atoms with Crippen LogP contribution in [0, 0.1) is 0 Å².